The summed E-state index contributed by atoms with van der Waals surface area (Å²) in [6.07, 6.45) is 2.10. The van der Waals surface area contributed by atoms with Crippen molar-refractivity contribution >= 4 is 0 Å². The Kier molecular flexibility index (Phi) is 5.21. The van der Waals surface area contributed by atoms with Crippen molar-refractivity contribution in [1.82, 2.24) is 10.3 Å². The van der Waals surface area contributed by atoms with Crippen LogP contribution in [-0.2, 0) is 26.4 Å². The topological polar surface area (TPSA) is 112 Å². The lowest BCUT2D eigenvalue weighted by Crippen LogP contribution is -2.08. The second kappa shape index (κ2) is 7.38. The van der Waals surface area contributed by atoms with Gasteiger partial charge in [-0.3, -0.25) is 0 Å². The largest absolute Gasteiger partial charge is 0.392 e. The molecule has 25 heavy (non-hydrogen) atoms. The fraction of sp³-hybridized carbons (Fsp3) is 0.421. The molecule has 132 valence electrons. The first-order valence-electron chi connectivity index (χ1n) is 8.46. The summed E-state index contributed by atoms with van der Waals surface area (Å²) in [6, 6.07) is 5.90. The molecular formula is C19H23N3O3. The Hall–Kier alpha value is -2.17. The van der Waals surface area contributed by atoms with Gasteiger partial charge in [0.2, 0.25) is 0 Å². The monoisotopic (exact) mass is 341 g/mol. The highest BCUT2D eigenvalue weighted by Gasteiger charge is 2.33. The van der Waals surface area contributed by atoms with Crippen LogP contribution in [0.1, 0.15) is 52.4 Å². The lowest BCUT2D eigenvalue weighted by Gasteiger charge is -2.17. The highest BCUT2D eigenvalue weighted by molar-refractivity contribution is 5.78. The minimum atomic E-state index is -0.255. The molecule has 0 atom stereocenters. The molecule has 1 aromatic carbocycles. The smallest absolute Gasteiger partial charge is 0.121 e. The molecule has 2 aromatic rings. The lowest BCUT2D eigenvalue weighted by atomic mass is 9.89. The van der Waals surface area contributed by atoms with Crippen molar-refractivity contribution in [3.63, 3.8) is 0 Å². The second-order valence-electron chi connectivity index (χ2n) is 6.39. The highest BCUT2D eigenvalue weighted by atomic mass is 16.3. The zero-order valence-corrected chi connectivity index (χ0v) is 14.3. The second-order valence-corrected chi connectivity index (χ2v) is 6.39. The van der Waals surface area contributed by atoms with Gasteiger partial charge < -0.3 is 25.6 Å². The van der Waals surface area contributed by atoms with E-state index in [1.807, 2.05) is 13.1 Å². The van der Waals surface area contributed by atoms with Crippen LogP contribution in [0.3, 0.4) is 0 Å². The van der Waals surface area contributed by atoms with Gasteiger partial charge in [-0.2, -0.15) is 5.26 Å². The van der Waals surface area contributed by atoms with Crippen LogP contribution in [0.4, 0.5) is 0 Å². The van der Waals surface area contributed by atoms with Crippen molar-refractivity contribution in [1.29, 1.82) is 5.26 Å². The number of benzene rings is 1. The number of nitriles is 1. The molecule has 1 aromatic heterocycles. The maximum Gasteiger partial charge on any atom is 0.121 e. The van der Waals surface area contributed by atoms with Gasteiger partial charge in [0.05, 0.1) is 19.8 Å². The third-order valence-electron chi connectivity index (χ3n) is 4.85. The van der Waals surface area contributed by atoms with Crippen LogP contribution in [0.25, 0.3) is 11.1 Å². The highest BCUT2D eigenvalue weighted by Crippen LogP contribution is 2.48. The van der Waals surface area contributed by atoms with Gasteiger partial charge >= 0.3 is 0 Å². The van der Waals surface area contributed by atoms with Crippen LogP contribution in [0.2, 0.25) is 0 Å². The molecule has 0 radical (unpaired) electrons. The van der Waals surface area contributed by atoms with Crippen molar-refractivity contribution in [2.24, 2.45) is 0 Å². The van der Waals surface area contributed by atoms with Crippen LogP contribution < -0.4 is 5.32 Å². The van der Waals surface area contributed by atoms with E-state index in [2.05, 4.69) is 16.4 Å². The maximum atomic E-state index is 9.96. The Bertz CT molecular complexity index is 816. The first-order chi connectivity index (χ1) is 12.2. The summed E-state index contributed by atoms with van der Waals surface area (Å²) in [5.74, 6) is 0.355. The molecule has 1 heterocycles. The number of nitrogens with one attached hydrogen (secondary N) is 2. The molecular weight excluding hydrogens is 318 g/mol. The number of aliphatic hydroxyl groups excluding tert-OH is 3. The van der Waals surface area contributed by atoms with Gasteiger partial charge in [0.25, 0.3) is 0 Å². The number of aliphatic hydroxyl groups is 3. The van der Waals surface area contributed by atoms with Crippen LogP contribution in [0.5, 0.6) is 0 Å². The van der Waals surface area contributed by atoms with E-state index in [0.29, 0.717) is 34.8 Å². The quantitative estimate of drug-likeness (QED) is 0.525. The molecule has 6 nitrogen and oxygen atoms in total. The zero-order valence-electron chi connectivity index (χ0n) is 14.3. The molecule has 0 amide bonds. The van der Waals surface area contributed by atoms with Crippen LogP contribution >= 0.6 is 0 Å². The van der Waals surface area contributed by atoms with Crippen LogP contribution in [0.15, 0.2) is 12.1 Å². The average molecular weight is 341 g/mol. The first-order valence-corrected chi connectivity index (χ1v) is 8.46. The number of nitrogens with zero attached hydrogens (tertiary/aromatic N) is 1. The van der Waals surface area contributed by atoms with Gasteiger partial charge in [-0.05, 0) is 53.6 Å². The van der Waals surface area contributed by atoms with Crippen molar-refractivity contribution in [2.75, 3.05) is 7.05 Å². The molecule has 1 fully saturated rings. The van der Waals surface area contributed by atoms with E-state index in [9.17, 15) is 20.6 Å². The minimum absolute atomic E-state index is 0.196. The Morgan fingerprint density at radius 3 is 2.40 bits per heavy atom. The molecule has 0 aliphatic heterocycles. The predicted molar refractivity (Wildman–Crippen MR) is 93.5 cm³/mol. The van der Waals surface area contributed by atoms with Crippen molar-refractivity contribution in [3.05, 3.63) is 45.8 Å². The lowest BCUT2D eigenvalue weighted by molar-refractivity contribution is 0.248. The molecule has 0 saturated heterocycles. The molecule has 1 aliphatic carbocycles. The number of H-pyrrole nitrogens is 1. The maximum absolute atomic E-state index is 9.96. The fourth-order valence-electron chi connectivity index (χ4n) is 3.56. The zero-order chi connectivity index (χ0) is 18.0. The molecule has 1 aliphatic rings. The SMILES string of the molecule is CNCc1[nH]c(C#N)c(C2CC2)c1-c1ccc(CO)c(CO)c1CO. The fourth-order valence-corrected chi connectivity index (χ4v) is 3.56. The Morgan fingerprint density at radius 1 is 1.16 bits per heavy atom. The van der Waals surface area contributed by atoms with E-state index in [1.165, 1.54) is 0 Å². The van der Waals surface area contributed by atoms with E-state index in [1.54, 1.807) is 6.07 Å². The van der Waals surface area contributed by atoms with Gasteiger partial charge in [0.15, 0.2) is 0 Å². The minimum Gasteiger partial charge on any atom is -0.392 e. The molecule has 0 spiro atoms. The number of aromatic nitrogens is 1. The molecule has 6 heteroatoms. The van der Waals surface area contributed by atoms with E-state index < -0.39 is 0 Å². The van der Waals surface area contributed by atoms with E-state index in [4.69, 9.17) is 0 Å². The summed E-state index contributed by atoms with van der Waals surface area (Å²) >= 11 is 0. The van der Waals surface area contributed by atoms with E-state index in [-0.39, 0.29) is 19.8 Å². The van der Waals surface area contributed by atoms with Crippen molar-refractivity contribution in [2.45, 2.75) is 45.1 Å². The molecule has 1 saturated carbocycles. The van der Waals surface area contributed by atoms with Crippen LogP contribution in [0, 0.1) is 11.3 Å². The number of hydrogen-bond acceptors (Lipinski definition) is 5. The first kappa shape index (κ1) is 17.6. The standard InChI is InChI=1S/C19H23N3O3/c1-21-7-17-19(18(11-2-3-11)16(6-20)22-17)13-5-4-12(8-23)14(9-24)15(13)10-25/h4-5,11,21-25H,2-3,7-10H2,1H3. The number of aromatic amines is 1. The summed E-state index contributed by atoms with van der Waals surface area (Å²) in [4.78, 5) is 3.22. The van der Waals surface area contributed by atoms with E-state index in [0.717, 1.165) is 35.2 Å². The van der Waals surface area contributed by atoms with E-state index >= 15 is 0 Å². The predicted octanol–water partition coefficient (Wildman–Crippen LogP) is 1.63. The Balaban J connectivity index is 2.29. The van der Waals surface area contributed by atoms with Gasteiger partial charge in [-0.1, -0.05) is 12.1 Å². The van der Waals surface area contributed by atoms with Crippen molar-refractivity contribution < 1.29 is 15.3 Å². The summed E-state index contributed by atoms with van der Waals surface area (Å²) in [5, 5.41) is 41.9. The molecule has 3 rings (SSSR count). The van der Waals surface area contributed by atoms with Gasteiger partial charge in [-0.15, -0.1) is 0 Å². The summed E-state index contributed by atoms with van der Waals surface area (Å²) < 4.78 is 0. The third-order valence-corrected chi connectivity index (χ3v) is 4.85. The molecule has 0 bridgehead atoms. The number of hydrogen-bond donors (Lipinski definition) is 5. The molecule has 5 N–H and O–H groups in total. The summed E-state index contributed by atoms with van der Waals surface area (Å²) in [6.45, 7) is -0.124. The number of rotatable bonds is 7. The summed E-state index contributed by atoms with van der Waals surface area (Å²) in [5.41, 5.74) is 6.00. The third kappa shape index (κ3) is 3.08. The Morgan fingerprint density at radius 2 is 1.88 bits per heavy atom. The van der Waals surface area contributed by atoms with Crippen LogP contribution in [-0.4, -0.2) is 27.4 Å². The summed E-state index contributed by atoms with van der Waals surface area (Å²) in [7, 11) is 1.84. The van der Waals surface area contributed by atoms with Crippen molar-refractivity contribution in [3.8, 4) is 17.2 Å². The van der Waals surface area contributed by atoms with Gasteiger partial charge in [0.1, 0.15) is 11.8 Å². The normalized spacial score (nSPS) is 13.9. The Labute approximate surface area is 146 Å². The van der Waals surface area contributed by atoms with Gasteiger partial charge in [0, 0.05) is 17.8 Å². The van der Waals surface area contributed by atoms with Gasteiger partial charge in [-0.25, -0.2) is 0 Å². The molecule has 0 unspecified atom stereocenters. The average Bonchev–Trinajstić information content (AvgIpc) is 3.42.